The average Bonchev–Trinajstić information content (AvgIpc) is 3.49. The zero-order chi connectivity index (χ0) is 31.1. The normalized spacial score (nSPS) is 23.8. The van der Waals surface area contributed by atoms with Crippen molar-refractivity contribution in [2.45, 2.75) is 110 Å². The SMILES string of the molecule is CCCC(CC(=O)[C@@H]1[C@H]2CC[C@H](F)[C@H]2CN1C(=O)[C@@H](NC(=O)OC(C)C)C(C)C)C(=O)C(=O)C[C@@H](C)c1ccccc1. The lowest BCUT2D eigenvalue weighted by Gasteiger charge is -2.32. The molecule has 1 aliphatic heterocycles. The van der Waals surface area contributed by atoms with E-state index in [1.165, 1.54) is 4.90 Å². The lowest BCUT2D eigenvalue weighted by molar-refractivity contribution is -0.143. The molecule has 1 aliphatic carbocycles. The molecule has 0 radical (unpaired) electrons. The molecule has 0 bridgehead atoms. The molecule has 1 unspecified atom stereocenters. The minimum Gasteiger partial charge on any atom is -0.447 e. The number of fused-ring (bicyclic) bond motifs is 1. The van der Waals surface area contributed by atoms with E-state index < -0.39 is 53.7 Å². The van der Waals surface area contributed by atoms with Gasteiger partial charge in [0, 0.05) is 31.2 Å². The van der Waals surface area contributed by atoms with Crippen LogP contribution in [0.2, 0.25) is 0 Å². The van der Waals surface area contributed by atoms with Crippen LogP contribution in [-0.4, -0.2) is 65.2 Å². The monoisotopic (exact) mass is 586 g/mol. The smallest absolute Gasteiger partial charge is 0.408 e. The van der Waals surface area contributed by atoms with Crippen LogP contribution in [0.4, 0.5) is 9.18 Å². The van der Waals surface area contributed by atoms with Crippen molar-refractivity contribution in [2.24, 2.45) is 23.7 Å². The van der Waals surface area contributed by atoms with Gasteiger partial charge < -0.3 is 15.0 Å². The fourth-order valence-electron chi connectivity index (χ4n) is 6.51. The summed E-state index contributed by atoms with van der Waals surface area (Å²) < 4.78 is 20.1. The number of alkyl halides is 1. The first kappa shape index (κ1) is 33.4. The number of nitrogens with zero attached hydrogens (tertiary/aromatic N) is 1. The molecule has 2 fully saturated rings. The van der Waals surface area contributed by atoms with Crippen LogP contribution >= 0.6 is 0 Å². The molecule has 232 valence electrons. The summed E-state index contributed by atoms with van der Waals surface area (Å²) in [4.78, 5) is 68.0. The van der Waals surface area contributed by atoms with E-state index >= 15 is 0 Å². The number of amides is 2. The van der Waals surface area contributed by atoms with Gasteiger partial charge in [0.25, 0.3) is 0 Å². The van der Waals surface area contributed by atoms with Crippen molar-refractivity contribution in [1.82, 2.24) is 10.2 Å². The second kappa shape index (κ2) is 14.9. The molecule has 2 amide bonds. The van der Waals surface area contributed by atoms with Gasteiger partial charge in [-0.2, -0.15) is 0 Å². The quantitative estimate of drug-likeness (QED) is 0.291. The molecule has 7 atom stereocenters. The number of nitrogens with one attached hydrogen (secondary N) is 1. The summed E-state index contributed by atoms with van der Waals surface area (Å²) in [6.45, 7) is 10.8. The summed E-state index contributed by atoms with van der Waals surface area (Å²) in [5, 5.41) is 2.63. The summed E-state index contributed by atoms with van der Waals surface area (Å²) in [5.74, 6) is -3.95. The maximum absolute atomic E-state index is 14.9. The number of Topliss-reactive ketones (excluding diaryl/α,β-unsaturated/α-hetero) is 3. The summed E-state index contributed by atoms with van der Waals surface area (Å²) in [5.41, 5.74) is 0.959. The average molecular weight is 587 g/mol. The molecule has 0 aromatic heterocycles. The van der Waals surface area contributed by atoms with Gasteiger partial charge in [-0.05, 0) is 56.4 Å². The molecule has 8 nitrogen and oxygen atoms in total. The maximum atomic E-state index is 14.9. The van der Waals surface area contributed by atoms with Crippen molar-refractivity contribution in [2.75, 3.05) is 6.54 Å². The van der Waals surface area contributed by atoms with Crippen molar-refractivity contribution in [3.8, 4) is 0 Å². The number of benzene rings is 1. The fourth-order valence-corrected chi connectivity index (χ4v) is 6.51. The molecule has 9 heteroatoms. The number of carbonyl (C=O) groups excluding carboxylic acids is 5. The Kier molecular flexibility index (Phi) is 11.8. The van der Waals surface area contributed by atoms with Crippen LogP contribution in [0.1, 0.15) is 91.5 Å². The van der Waals surface area contributed by atoms with Crippen LogP contribution < -0.4 is 5.32 Å². The number of likely N-dealkylation sites (tertiary alicyclic amines) is 1. The predicted molar refractivity (Wildman–Crippen MR) is 157 cm³/mol. The number of alkyl carbamates (subject to hydrolysis) is 1. The summed E-state index contributed by atoms with van der Waals surface area (Å²) in [6.07, 6.45) is -0.625. The number of ketones is 3. The largest absolute Gasteiger partial charge is 0.447 e. The minimum atomic E-state index is -1.13. The lowest BCUT2D eigenvalue weighted by atomic mass is 9.83. The molecule has 0 spiro atoms. The fraction of sp³-hybridized carbons (Fsp3) is 0.667. The van der Waals surface area contributed by atoms with Crippen LogP contribution in [0.5, 0.6) is 0 Å². The molecule has 1 saturated heterocycles. The van der Waals surface area contributed by atoms with Crippen molar-refractivity contribution in [3.63, 3.8) is 0 Å². The van der Waals surface area contributed by atoms with E-state index in [4.69, 9.17) is 4.74 Å². The van der Waals surface area contributed by atoms with Gasteiger partial charge in [-0.25, -0.2) is 9.18 Å². The van der Waals surface area contributed by atoms with Gasteiger partial charge in [0.2, 0.25) is 11.7 Å². The van der Waals surface area contributed by atoms with Gasteiger partial charge in [-0.15, -0.1) is 0 Å². The lowest BCUT2D eigenvalue weighted by Crippen LogP contribution is -2.55. The summed E-state index contributed by atoms with van der Waals surface area (Å²) in [7, 11) is 0. The van der Waals surface area contributed by atoms with Crippen LogP contribution in [0.25, 0.3) is 0 Å². The van der Waals surface area contributed by atoms with Crippen molar-refractivity contribution >= 4 is 29.4 Å². The maximum Gasteiger partial charge on any atom is 0.408 e. The Hall–Kier alpha value is -3.10. The van der Waals surface area contributed by atoms with Gasteiger partial charge in [0.15, 0.2) is 11.6 Å². The van der Waals surface area contributed by atoms with E-state index in [-0.39, 0.29) is 49.0 Å². The van der Waals surface area contributed by atoms with Gasteiger partial charge in [-0.1, -0.05) is 64.4 Å². The Morgan fingerprint density at radius 3 is 2.24 bits per heavy atom. The first-order valence-corrected chi connectivity index (χ1v) is 15.4. The van der Waals surface area contributed by atoms with Crippen LogP contribution in [-0.2, 0) is 23.9 Å². The molecule has 42 heavy (non-hydrogen) atoms. The zero-order valence-corrected chi connectivity index (χ0v) is 25.8. The van der Waals surface area contributed by atoms with Crippen LogP contribution in [0.15, 0.2) is 30.3 Å². The minimum absolute atomic E-state index is 0.0493. The van der Waals surface area contributed by atoms with E-state index in [0.717, 1.165) is 5.56 Å². The Labute approximate surface area is 249 Å². The Morgan fingerprint density at radius 1 is 0.976 bits per heavy atom. The number of rotatable bonds is 14. The highest BCUT2D eigenvalue weighted by Crippen LogP contribution is 2.45. The molecule has 1 aromatic rings. The second-order valence-corrected chi connectivity index (χ2v) is 12.6. The van der Waals surface area contributed by atoms with E-state index in [2.05, 4.69) is 5.32 Å². The number of hydrogen-bond acceptors (Lipinski definition) is 6. The highest BCUT2D eigenvalue weighted by atomic mass is 19.1. The van der Waals surface area contributed by atoms with Gasteiger partial charge >= 0.3 is 6.09 Å². The van der Waals surface area contributed by atoms with Crippen LogP contribution in [0.3, 0.4) is 0 Å². The molecular weight excluding hydrogens is 539 g/mol. The van der Waals surface area contributed by atoms with E-state index in [1.54, 1.807) is 27.7 Å². The first-order valence-electron chi connectivity index (χ1n) is 15.4. The number of hydrogen-bond donors (Lipinski definition) is 1. The van der Waals surface area contributed by atoms with E-state index in [0.29, 0.717) is 25.7 Å². The van der Waals surface area contributed by atoms with E-state index in [1.807, 2.05) is 44.2 Å². The standard InChI is InChI=1S/C33H47FN2O6/c1-7-11-23(31(39)28(38)16-21(6)22-12-9-8-10-13-22)17-27(37)30-24-14-15-26(34)25(24)18-36(30)32(40)29(19(2)3)35-33(41)42-20(4)5/h8-10,12-13,19-21,23-26,29-30H,7,11,14-18H2,1-6H3,(H,35,41)/t21-,23?,24+,25+,26+,29+,30+/m1/s1. The first-order chi connectivity index (χ1) is 19.8. The molecule has 1 N–H and O–H groups in total. The molecule has 3 rings (SSSR count). The van der Waals surface area contributed by atoms with E-state index in [9.17, 15) is 28.4 Å². The third-order valence-electron chi connectivity index (χ3n) is 8.69. The van der Waals surface area contributed by atoms with Crippen molar-refractivity contribution in [1.29, 1.82) is 0 Å². The molecule has 1 aromatic carbocycles. The Bertz CT molecular complexity index is 1120. The summed E-state index contributed by atoms with van der Waals surface area (Å²) >= 11 is 0. The van der Waals surface area contributed by atoms with Crippen molar-refractivity contribution < 1.29 is 33.1 Å². The van der Waals surface area contributed by atoms with Gasteiger partial charge in [0.1, 0.15) is 12.2 Å². The molecule has 2 aliphatic rings. The highest BCUT2D eigenvalue weighted by molar-refractivity contribution is 6.38. The summed E-state index contributed by atoms with van der Waals surface area (Å²) in [6, 6.07) is 7.63. The van der Waals surface area contributed by atoms with Crippen LogP contribution in [0, 0.1) is 23.7 Å². The molecule has 1 heterocycles. The third-order valence-corrected chi connectivity index (χ3v) is 8.69. The Balaban J connectivity index is 1.79. The predicted octanol–water partition coefficient (Wildman–Crippen LogP) is 5.43. The number of ether oxygens (including phenoxy) is 1. The van der Waals surface area contributed by atoms with Gasteiger partial charge in [0.05, 0.1) is 12.1 Å². The number of halogens is 1. The van der Waals surface area contributed by atoms with Gasteiger partial charge in [-0.3, -0.25) is 19.2 Å². The highest BCUT2D eigenvalue weighted by Gasteiger charge is 2.54. The zero-order valence-electron chi connectivity index (χ0n) is 25.8. The molecular formula is C33H47FN2O6. The number of carbonyl (C=O) groups is 5. The third kappa shape index (κ3) is 8.04. The topological polar surface area (TPSA) is 110 Å². The van der Waals surface area contributed by atoms with Crippen molar-refractivity contribution in [3.05, 3.63) is 35.9 Å². The second-order valence-electron chi connectivity index (χ2n) is 12.6. The molecule has 1 saturated carbocycles. The Morgan fingerprint density at radius 2 is 1.64 bits per heavy atom.